The first-order chi connectivity index (χ1) is 13.5. The number of carbonyl (C=O) groups excluding carboxylic acids is 1. The van der Waals surface area contributed by atoms with Crippen LogP contribution < -0.4 is 10.8 Å². The molecule has 0 atom stereocenters. The van der Waals surface area contributed by atoms with Crippen LogP contribution in [0.25, 0.3) is 0 Å². The summed E-state index contributed by atoms with van der Waals surface area (Å²) in [6.07, 6.45) is 0.606. The molecule has 2 N–H and O–H groups in total. The molecule has 166 valence electrons. The van der Waals surface area contributed by atoms with Crippen LogP contribution >= 0.6 is 0 Å². The van der Waals surface area contributed by atoms with E-state index in [2.05, 4.69) is 26.1 Å². The van der Waals surface area contributed by atoms with E-state index in [4.69, 9.17) is 9.31 Å². The van der Waals surface area contributed by atoms with Crippen LogP contribution in [0, 0.1) is 18.2 Å². The number of likely N-dealkylation sites (tertiary alicyclic amines) is 1. The lowest BCUT2D eigenvalue weighted by atomic mass is 9.75. The Morgan fingerprint density at radius 3 is 2.23 bits per heavy atom. The molecule has 8 heteroatoms. The number of hydrogen-bond acceptors (Lipinski definition) is 4. The molecule has 1 aromatic rings. The zero-order valence-corrected chi connectivity index (χ0v) is 19.4. The quantitative estimate of drug-likeness (QED) is 0.735. The van der Waals surface area contributed by atoms with Gasteiger partial charge in [-0.15, -0.1) is 0 Å². The molecule has 2 fully saturated rings. The highest BCUT2D eigenvalue weighted by Gasteiger charge is 2.52. The first kappa shape index (κ1) is 23.0. The lowest BCUT2D eigenvalue weighted by Crippen LogP contribution is -2.65. The van der Waals surface area contributed by atoms with Crippen LogP contribution in [0.3, 0.4) is 0 Å². The van der Waals surface area contributed by atoms with Gasteiger partial charge >= 0.3 is 13.1 Å². The Kier molecular flexibility index (Phi) is 5.54. The lowest BCUT2D eigenvalue weighted by molar-refractivity contribution is -0.0965. The van der Waals surface area contributed by atoms with E-state index >= 15 is 0 Å². The fourth-order valence-electron chi connectivity index (χ4n) is 4.15. The van der Waals surface area contributed by atoms with E-state index in [1.807, 2.05) is 34.6 Å². The number of carbonyl (C=O) groups is 1. The SMILES string of the molecule is Cc1c(NC(=O)N2CC(O)(CC(C)(C)C)C2)cc(F)cc1B1OC(C)(C)C(C)(C)O1. The minimum Gasteiger partial charge on any atom is -0.399 e. The molecular formula is C22H34BFN2O4. The van der Waals surface area contributed by atoms with Gasteiger partial charge in [-0.05, 0) is 69.6 Å². The fraction of sp³-hybridized carbons (Fsp3) is 0.682. The van der Waals surface area contributed by atoms with Gasteiger partial charge in [0.1, 0.15) is 11.4 Å². The second-order valence-corrected chi connectivity index (χ2v) is 11.0. The van der Waals surface area contributed by atoms with E-state index < -0.39 is 29.7 Å². The number of aliphatic hydroxyl groups is 1. The number of rotatable bonds is 3. The largest absolute Gasteiger partial charge is 0.495 e. The highest BCUT2D eigenvalue weighted by atomic mass is 19.1. The Balaban J connectivity index is 1.73. The number of nitrogens with one attached hydrogen (secondary N) is 1. The predicted molar refractivity (Wildman–Crippen MR) is 116 cm³/mol. The monoisotopic (exact) mass is 420 g/mol. The van der Waals surface area contributed by atoms with Crippen LogP contribution in [-0.2, 0) is 9.31 Å². The molecular weight excluding hydrogens is 386 g/mol. The fourth-order valence-corrected chi connectivity index (χ4v) is 4.15. The van der Waals surface area contributed by atoms with Crippen molar-refractivity contribution in [2.24, 2.45) is 5.41 Å². The van der Waals surface area contributed by atoms with Gasteiger partial charge < -0.3 is 24.6 Å². The van der Waals surface area contributed by atoms with Crippen LogP contribution in [-0.4, -0.2) is 53.0 Å². The third kappa shape index (κ3) is 4.50. The van der Waals surface area contributed by atoms with Crippen molar-refractivity contribution < 1.29 is 23.6 Å². The van der Waals surface area contributed by atoms with Gasteiger partial charge in [0.2, 0.25) is 0 Å². The first-order valence-corrected chi connectivity index (χ1v) is 10.5. The van der Waals surface area contributed by atoms with E-state index in [1.54, 1.807) is 0 Å². The summed E-state index contributed by atoms with van der Waals surface area (Å²) in [5, 5.41) is 13.4. The third-order valence-electron chi connectivity index (χ3n) is 6.28. The number of benzene rings is 1. The van der Waals surface area contributed by atoms with Crippen molar-refractivity contribution in [2.75, 3.05) is 18.4 Å². The summed E-state index contributed by atoms with van der Waals surface area (Å²) in [6.45, 7) is 16.2. The Morgan fingerprint density at radius 2 is 1.73 bits per heavy atom. The number of hydrogen-bond donors (Lipinski definition) is 2. The Labute approximate surface area is 179 Å². The van der Waals surface area contributed by atoms with Gasteiger partial charge in [-0.25, -0.2) is 9.18 Å². The molecule has 2 saturated heterocycles. The average molecular weight is 420 g/mol. The summed E-state index contributed by atoms with van der Waals surface area (Å²) >= 11 is 0. The normalized spacial score (nSPS) is 22.1. The molecule has 2 amide bonds. The van der Waals surface area contributed by atoms with Crippen molar-refractivity contribution in [3.63, 3.8) is 0 Å². The van der Waals surface area contributed by atoms with Crippen molar-refractivity contribution >= 4 is 24.3 Å². The highest BCUT2D eigenvalue weighted by molar-refractivity contribution is 6.62. The standard InChI is InChI=1S/C22H34BFN2O4/c1-14-16(23-29-20(5,6)21(7,8)30-23)9-15(24)10-17(14)25-18(27)26-12-22(28,13-26)11-19(2,3)4/h9-10,28H,11-13H2,1-8H3,(H,25,27). The number of anilines is 1. The zero-order valence-electron chi connectivity index (χ0n) is 19.4. The smallest absolute Gasteiger partial charge is 0.399 e. The predicted octanol–water partition coefficient (Wildman–Crippen LogP) is 3.45. The molecule has 2 aliphatic rings. The molecule has 0 saturated carbocycles. The van der Waals surface area contributed by atoms with Gasteiger partial charge in [-0.1, -0.05) is 20.8 Å². The van der Waals surface area contributed by atoms with Crippen LogP contribution in [0.15, 0.2) is 12.1 Å². The van der Waals surface area contributed by atoms with E-state index in [0.717, 1.165) is 0 Å². The number of halogens is 1. The van der Waals surface area contributed by atoms with E-state index in [-0.39, 0.29) is 24.5 Å². The number of nitrogens with zero attached hydrogens (tertiary/aromatic N) is 1. The molecule has 2 aliphatic heterocycles. The maximum atomic E-state index is 14.4. The third-order valence-corrected chi connectivity index (χ3v) is 6.28. The van der Waals surface area contributed by atoms with Crippen LogP contribution in [0.4, 0.5) is 14.9 Å². The Hall–Kier alpha value is -1.64. The number of amides is 2. The Bertz CT molecular complexity index is 828. The molecule has 30 heavy (non-hydrogen) atoms. The van der Waals surface area contributed by atoms with Gasteiger partial charge in [0, 0.05) is 5.69 Å². The Morgan fingerprint density at radius 1 is 1.20 bits per heavy atom. The maximum Gasteiger partial charge on any atom is 0.495 e. The number of urea groups is 1. The molecule has 6 nitrogen and oxygen atoms in total. The molecule has 2 heterocycles. The topological polar surface area (TPSA) is 71.0 Å². The van der Waals surface area contributed by atoms with Crippen molar-refractivity contribution in [3.05, 3.63) is 23.5 Å². The highest BCUT2D eigenvalue weighted by Crippen LogP contribution is 2.37. The molecule has 0 aromatic heterocycles. The van der Waals surface area contributed by atoms with Crippen molar-refractivity contribution in [1.29, 1.82) is 0 Å². The van der Waals surface area contributed by atoms with Gasteiger partial charge in [0.15, 0.2) is 0 Å². The molecule has 0 spiro atoms. The molecule has 0 radical (unpaired) electrons. The summed E-state index contributed by atoms with van der Waals surface area (Å²) in [5.41, 5.74) is -0.389. The molecule has 0 unspecified atom stereocenters. The summed E-state index contributed by atoms with van der Waals surface area (Å²) < 4.78 is 26.5. The van der Waals surface area contributed by atoms with Gasteiger partial charge in [-0.2, -0.15) is 0 Å². The first-order valence-electron chi connectivity index (χ1n) is 10.5. The van der Waals surface area contributed by atoms with E-state index in [0.29, 0.717) is 23.1 Å². The second-order valence-electron chi connectivity index (χ2n) is 11.0. The minimum atomic E-state index is -0.875. The second kappa shape index (κ2) is 7.21. The van der Waals surface area contributed by atoms with Crippen molar-refractivity contribution in [3.8, 4) is 0 Å². The van der Waals surface area contributed by atoms with E-state index in [9.17, 15) is 14.3 Å². The number of β-amino-alcohol motifs (C(OH)–C–C–N with tert-alkyl or cyclic N) is 1. The van der Waals surface area contributed by atoms with E-state index in [1.165, 1.54) is 17.0 Å². The summed E-state index contributed by atoms with van der Waals surface area (Å²) in [7, 11) is -0.720. The van der Waals surface area contributed by atoms with Crippen LogP contribution in [0.1, 0.15) is 60.5 Å². The maximum absolute atomic E-state index is 14.4. The lowest BCUT2D eigenvalue weighted by Gasteiger charge is -2.48. The average Bonchev–Trinajstić information content (AvgIpc) is 2.74. The molecule has 1 aromatic carbocycles. The molecule has 0 bridgehead atoms. The van der Waals surface area contributed by atoms with Gasteiger partial charge in [0.05, 0.1) is 24.3 Å². The summed E-state index contributed by atoms with van der Waals surface area (Å²) in [5.74, 6) is -0.478. The van der Waals surface area contributed by atoms with Gasteiger partial charge in [-0.3, -0.25) is 0 Å². The van der Waals surface area contributed by atoms with Crippen LogP contribution in [0.2, 0.25) is 0 Å². The molecule has 0 aliphatic carbocycles. The summed E-state index contributed by atoms with van der Waals surface area (Å²) in [4.78, 5) is 14.2. The zero-order chi connectivity index (χ0) is 22.7. The molecule has 3 rings (SSSR count). The summed E-state index contributed by atoms with van der Waals surface area (Å²) in [6, 6.07) is 2.32. The van der Waals surface area contributed by atoms with Crippen LogP contribution in [0.5, 0.6) is 0 Å². The minimum absolute atomic E-state index is 0.0335. The van der Waals surface area contributed by atoms with Crippen molar-refractivity contribution in [2.45, 2.75) is 78.6 Å². The van der Waals surface area contributed by atoms with Crippen molar-refractivity contribution in [1.82, 2.24) is 4.90 Å². The van der Waals surface area contributed by atoms with Gasteiger partial charge in [0.25, 0.3) is 0 Å².